The van der Waals surface area contributed by atoms with Gasteiger partial charge in [0.1, 0.15) is 0 Å². The van der Waals surface area contributed by atoms with Crippen molar-refractivity contribution in [3.8, 4) is 0 Å². The number of nitrogens with zero attached hydrogens (tertiary/aromatic N) is 5. The number of benzene rings is 1. The minimum absolute atomic E-state index is 0.0550. The van der Waals surface area contributed by atoms with Gasteiger partial charge in [0.25, 0.3) is 0 Å². The molecule has 7 nitrogen and oxygen atoms in total. The molecule has 1 heterocycles. The van der Waals surface area contributed by atoms with Crippen LogP contribution in [0.2, 0.25) is 0 Å². The molecule has 0 fully saturated rings. The van der Waals surface area contributed by atoms with E-state index in [0.717, 1.165) is 17.1 Å². The zero-order chi connectivity index (χ0) is 14.7. The lowest BCUT2D eigenvalue weighted by Crippen LogP contribution is -2.17. The lowest BCUT2D eigenvalue weighted by Gasteiger charge is -2.17. The Morgan fingerprint density at radius 2 is 2.00 bits per heavy atom. The van der Waals surface area contributed by atoms with Gasteiger partial charge in [-0.15, -0.1) is 5.10 Å². The van der Waals surface area contributed by atoms with Crippen LogP contribution in [0, 0.1) is 13.8 Å². The van der Waals surface area contributed by atoms with Crippen LogP contribution in [0.1, 0.15) is 17.0 Å². The topological polar surface area (TPSA) is 101 Å². The number of oxime groups is 1. The van der Waals surface area contributed by atoms with Crippen LogP contribution in [0.25, 0.3) is 0 Å². The second-order valence-corrected chi connectivity index (χ2v) is 4.38. The van der Waals surface area contributed by atoms with Crippen molar-refractivity contribution in [1.29, 1.82) is 0 Å². The number of aromatic nitrogens is 3. The normalized spacial score (nSPS) is 11.4. The Morgan fingerprint density at radius 3 is 2.65 bits per heavy atom. The largest absolute Gasteiger partial charge is 0.409 e. The Balaban J connectivity index is 2.37. The van der Waals surface area contributed by atoms with Gasteiger partial charge in [0.2, 0.25) is 5.95 Å². The van der Waals surface area contributed by atoms with Gasteiger partial charge in [0.05, 0.1) is 11.4 Å². The quantitative estimate of drug-likeness (QED) is 0.378. The summed E-state index contributed by atoms with van der Waals surface area (Å²) in [4.78, 5) is 6.17. The van der Waals surface area contributed by atoms with E-state index < -0.39 is 0 Å². The standard InChI is InChI=1S/C13H16N6O/c1-8-9(2)16-17-13(15-8)19(3)11-6-4-5-10(7-11)12(14)18-20/h4-7,20H,1-3H3,(H2,14,18). The Morgan fingerprint density at radius 1 is 1.25 bits per heavy atom. The van der Waals surface area contributed by atoms with Crippen LogP contribution >= 0.6 is 0 Å². The van der Waals surface area contributed by atoms with Gasteiger partial charge in [-0.3, -0.25) is 0 Å². The summed E-state index contributed by atoms with van der Waals surface area (Å²) in [6.45, 7) is 3.74. The average molecular weight is 272 g/mol. The van der Waals surface area contributed by atoms with Crippen molar-refractivity contribution in [1.82, 2.24) is 15.2 Å². The molecule has 0 unspecified atom stereocenters. The zero-order valence-electron chi connectivity index (χ0n) is 11.6. The molecule has 1 aromatic heterocycles. The molecule has 20 heavy (non-hydrogen) atoms. The number of hydrogen-bond donors (Lipinski definition) is 2. The predicted octanol–water partition coefficient (Wildman–Crippen LogP) is 1.35. The second kappa shape index (κ2) is 5.52. The minimum Gasteiger partial charge on any atom is -0.409 e. The van der Waals surface area contributed by atoms with Crippen LogP contribution in [0.5, 0.6) is 0 Å². The van der Waals surface area contributed by atoms with E-state index in [1.807, 2.05) is 33.0 Å². The van der Waals surface area contributed by atoms with Crippen molar-refractivity contribution >= 4 is 17.5 Å². The Kier molecular flexibility index (Phi) is 3.79. The summed E-state index contributed by atoms with van der Waals surface area (Å²) in [5.74, 6) is 0.545. The first-order valence-corrected chi connectivity index (χ1v) is 6.02. The highest BCUT2D eigenvalue weighted by Crippen LogP contribution is 2.21. The molecule has 104 valence electrons. The van der Waals surface area contributed by atoms with E-state index >= 15 is 0 Å². The summed E-state index contributed by atoms with van der Waals surface area (Å²) in [5, 5.41) is 19.8. The van der Waals surface area contributed by atoms with Gasteiger partial charge in [-0.1, -0.05) is 17.3 Å². The summed E-state index contributed by atoms with van der Waals surface area (Å²) in [6, 6.07) is 7.24. The van der Waals surface area contributed by atoms with Gasteiger partial charge < -0.3 is 15.8 Å². The van der Waals surface area contributed by atoms with Gasteiger partial charge in [0.15, 0.2) is 5.84 Å². The summed E-state index contributed by atoms with van der Waals surface area (Å²) in [5.41, 5.74) is 8.65. The molecule has 0 amide bonds. The number of nitrogens with two attached hydrogens (primary N) is 1. The van der Waals surface area contributed by atoms with Crippen molar-refractivity contribution < 1.29 is 5.21 Å². The van der Waals surface area contributed by atoms with Crippen LogP contribution in [0.4, 0.5) is 11.6 Å². The van der Waals surface area contributed by atoms with Crippen LogP contribution in [-0.4, -0.2) is 33.3 Å². The van der Waals surface area contributed by atoms with Crippen LogP contribution in [0.15, 0.2) is 29.4 Å². The van der Waals surface area contributed by atoms with Crippen molar-refractivity contribution in [3.63, 3.8) is 0 Å². The predicted molar refractivity (Wildman–Crippen MR) is 76.3 cm³/mol. The zero-order valence-corrected chi connectivity index (χ0v) is 11.6. The Bertz CT molecular complexity index is 655. The highest BCUT2D eigenvalue weighted by molar-refractivity contribution is 5.97. The molecule has 0 aliphatic rings. The highest BCUT2D eigenvalue weighted by Gasteiger charge is 2.10. The fraction of sp³-hybridized carbons (Fsp3) is 0.231. The summed E-state index contributed by atoms with van der Waals surface area (Å²) < 4.78 is 0. The summed E-state index contributed by atoms with van der Waals surface area (Å²) in [7, 11) is 1.83. The van der Waals surface area contributed by atoms with Gasteiger partial charge in [-0.25, -0.2) is 4.98 Å². The van der Waals surface area contributed by atoms with Crippen molar-refractivity contribution in [3.05, 3.63) is 41.2 Å². The van der Waals surface area contributed by atoms with Crippen LogP contribution < -0.4 is 10.6 Å². The molecule has 0 radical (unpaired) electrons. The maximum atomic E-state index is 8.72. The molecule has 0 aliphatic carbocycles. The van der Waals surface area contributed by atoms with Crippen molar-refractivity contribution in [2.45, 2.75) is 13.8 Å². The molecule has 7 heteroatoms. The maximum Gasteiger partial charge on any atom is 0.249 e. The molecule has 1 aromatic carbocycles. The second-order valence-electron chi connectivity index (χ2n) is 4.38. The van der Waals surface area contributed by atoms with Crippen LogP contribution in [0.3, 0.4) is 0 Å². The third-order valence-corrected chi connectivity index (χ3v) is 3.02. The first kappa shape index (κ1) is 13.7. The molecule has 0 saturated heterocycles. The molecule has 2 aromatic rings. The monoisotopic (exact) mass is 272 g/mol. The van der Waals surface area contributed by atoms with Gasteiger partial charge in [0, 0.05) is 18.3 Å². The molecule has 2 rings (SSSR count). The first-order valence-electron chi connectivity index (χ1n) is 6.02. The number of rotatable bonds is 3. The molecule has 0 saturated carbocycles. The van der Waals surface area contributed by atoms with E-state index in [4.69, 9.17) is 10.9 Å². The molecule has 0 bridgehead atoms. The average Bonchev–Trinajstić information content (AvgIpc) is 2.48. The number of aryl methyl sites for hydroxylation is 2. The molecule has 3 N–H and O–H groups in total. The lowest BCUT2D eigenvalue weighted by atomic mass is 10.2. The first-order chi connectivity index (χ1) is 9.52. The molecular formula is C13H16N6O. The molecule has 0 atom stereocenters. The van der Waals surface area contributed by atoms with E-state index in [1.165, 1.54) is 0 Å². The van der Waals surface area contributed by atoms with Crippen LogP contribution in [-0.2, 0) is 0 Å². The third kappa shape index (κ3) is 2.66. The van der Waals surface area contributed by atoms with E-state index in [0.29, 0.717) is 11.5 Å². The van der Waals surface area contributed by atoms with Gasteiger partial charge >= 0.3 is 0 Å². The molecule has 0 spiro atoms. The number of amidine groups is 1. The Labute approximate surface area is 116 Å². The molecule has 0 aliphatic heterocycles. The fourth-order valence-electron chi connectivity index (χ4n) is 1.63. The number of anilines is 2. The van der Waals surface area contributed by atoms with Crippen molar-refractivity contribution in [2.24, 2.45) is 10.9 Å². The van der Waals surface area contributed by atoms with Gasteiger partial charge in [-0.2, -0.15) is 5.10 Å². The highest BCUT2D eigenvalue weighted by atomic mass is 16.4. The number of hydrogen-bond acceptors (Lipinski definition) is 6. The lowest BCUT2D eigenvalue weighted by molar-refractivity contribution is 0.318. The third-order valence-electron chi connectivity index (χ3n) is 3.02. The Hall–Kier alpha value is -2.70. The van der Waals surface area contributed by atoms with E-state index in [1.54, 1.807) is 17.0 Å². The molecular weight excluding hydrogens is 256 g/mol. The minimum atomic E-state index is 0.0550. The van der Waals surface area contributed by atoms with Gasteiger partial charge in [-0.05, 0) is 26.0 Å². The summed E-state index contributed by atoms with van der Waals surface area (Å²) >= 11 is 0. The summed E-state index contributed by atoms with van der Waals surface area (Å²) in [6.07, 6.45) is 0. The maximum absolute atomic E-state index is 8.72. The SMILES string of the molecule is Cc1nnc(N(C)c2cccc(/C(N)=N/O)c2)nc1C. The van der Waals surface area contributed by atoms with E-state index in [-0.39, 0.29) is 5.84 Å². The smallest absolute Gasteiger partial charge is 0.249 e. The van der Waals surface area contributed by atoms with E-state index in [9.17, 15) is 0 Å². The van der Waals surface area contributed by atoms with Crippen molar-refractivity contribution in [2.75, 3.05) is 11.9 Å². The fourth-order valence-corrected chi connectivity index (χ4v) is 1.63. The van der Waals surface area contributed by atoms with E-state index in [2.05, 4.69) is 20.3 Å².